The number of nitrogens with two attached hydrogens (primary N) is 2. The second-order valence-corrected chi connectivity index (χ2v) is 8.43. The molecule has 1 aromatic heterocycles. The Morgan fingerprint density at radius 3 is 2.03 bits per heavy atom. The molecule has 2 aromatic carbocycles. The number of nitrogen functional groups attached to an aromatic ring is 2. The van der Waals surface area contributed by atoms with Crippen LogP contribution in [0.1, 0.15) is 40.9 Å². The zero-order valence-corrected chi connectivity index (χ0v) is 20.1. The third-order valence-electron chi connectivity index (χ3n) is 5.42. The predicted octanol–water partition coefficient (Wildman–Crippen LogP) is 3.16. The third kappa shape index (κ3) is 7.66. The van der Waals surface area contributed by atoms with Crippen LogP contribution in [0.3, 0.4) is 0 Å². The highest BCUT2D eigenvalue weighted by Gasteiger charge is 2.16. The van der Waals surface area contributed by atoms with E-state index in [1.807, 2.05) is 0 Å². The lowest BCUT2D eigenvalue weighted by Gasteiger charge is -2.10. The summed E-state index contributed by atoms with van der Waals surface area (Å²) in [7, 11) is 0. The highest BCUT2D eigenvalue weighted by molar-refractivity contribution is 6.31. The fourth-order valence-corrected chi connectivity index (χ4v) is 3.63. The number of amides is 1. The van der Waals surface area contributed by atoms with Crippen LogP contribution in [0.4, 0.5) is 11.6 Å². The maximum absolute atomic E-state index is 12.2. The Labute approximate surface area is 209 Å². The number of rotatable bonds is 10. The lowest BCUT2D eigenvalue weighted by molar-refractivity contribution is 0.0971. The fraction of sp³-hybridized carbons (Fsp3) is 0.280. The molecule has 3 rings (SSSR count). The summed E-state index contributed by atoms with van der Waals surface area (Å²) in [6, 6.07) is 17.0. The first-order chi connectivity index (χ1) is 16.9. The Morgan fingerprint density at radius 2 is 1.46 bits per heavy atom. The number of nitrogens with zero attached hydrogens (tertiary/aromatic N) is 2. The van der Waals surface area contributed by atoms with Gasteiger partial charge < -0.3 is 21.9 Å². The van der Waals surface area contributed by atoms with Gasteiger partial charge in [-0.1, -0.05) is 60.1 Å². The number of aliphatic hydroxyl groups excluding tert-OH is 1. The molecule has 184 valence electrons. The number of aryl methyl sites for hydroxylation is 2. The van der Waals surface area contributed by atoms with Crippen LogP contribution in [0.2, 0.25) is 5.15 Å². The molecule has 0 aliphatic rings. The van der Waals surface area contributed by atoms with Crippen molar-refractivity contribution in [3.8, 4) is 11.1 Å². The Kier molecular flexibility index (Phi) is 9.39. The van der Waals surface area contributed by atoms with Gasteiger partial charge in [-0.25, -0.2) is 9.97 Å². The van der Waals surface area contributed by atoms with Crippen molar-refractivity contribution in [1.29, 1.82) is 5.41 Å². The summed E-state index contributed by atoms with van der Waals surface area (Å²) >= 11 is 5.79. The van der Waals surface area contributed by atoms with E-state index in [2.05, 4.69) is 69.1 Å². The number of unbranched alkanes of at least 4 members (excludes halogenated alkanes) is 1. The van der Waals surface area contributed by atoms with Crippen LogP contribution in [-0.4, -0.2) is 40.1 Å². The molecule has 0 unspecified atom stereocenters. The number of hydrogen-bond acceptors (Lipinski definition) is 7. The molecular formula is C25H30ClN7O2. The number of halogens is 1. The molecule has 0 aliphatic heterocycles. The van der Waals surface area contributed by atoms with Crippen molar-refractivity contribution in [2.45, 2.75) is 32.1 Å². The van der Waals surface area contributed by atoms with Crippen molar-refractivity contribution < 1.29 is 9.90 Å². The van der Waals surface area contributed by atoms with Crippen molar-refractivity contribution in [1.82, 2.24) is 20.6 Å². The number of hydrogen-bond donors (Lipinski definition) is 6. The van der Waals surface area contributed by atoms with Gasteiger partial charge in [-0.3, -0.25) is 15.5 Å². The van der Waals surface area contributed by atoms with E-state index >= 15 is 0 Å². The number of anilines is 2. The predicted molar refractivity (Wildman–Crippen MR) is 139 cm³/mol. The van der Waals surface area contributed by atoms with Crippen LogP contribution in [-0.2, 0) is 12.8 Å². The molecule has 10 heteroatoms. The molecule has 0 spiro atoms. The number of aliphatic hydroxyl groups is 1. The van der Waals surface area contributed by atoms with Gasteiger partial charge in [0.25, 0.3) is 5.91 Å². The van der Waals surface area contributed by atoms with Crippen LogP contribution in [0.25, 0.3) is 11.1 Å². The molecule has 35 heavy (non-hydrogen) atoms. The Hall–Kier alpha value is -3.69. The SMILES string of the molecule is N=C(NCCCCc1ccc(-c2ccc(CCCO)cc2)cc1)NC(=O)c1nc(Cl)c(N)nc1N. The van der Waals surface area contributed by atoms with E-state index in [0.717, 1.165) is 32.1 Å². The average Bonchev–Trinajstić information content (AvgIpc) is 2.85. The molecule has 0 saturated carbocycles. The Balaban J connectivity index is 1.38. The summed E-state index contributed by atoms with van der Waals surface area (Å²) in [5.74, 6) is -1.06. The van der Waals surface area contributed by atoms with Crippen LogP contribution in [0.15, 0.2) is 48.5 Å². The molecule has 3 aromatic rings. The second kappa shape index (κ2) is 12.7. The fourth-order valence-electron chi connectivity index (χ4n) is 3.50. The van der Waals surface area contributed by atoms with E-state index in [1.54, 1.807) is 0 Å². The van der Waals surface area contributed by atoms with Crippen LogP contribution in [0.5, 0.6) is 0 Å². The van der Waals surface area contributed by atoms with Gasteiger partial charge in [0.1, 0.15) is 0 Å². The summed E-state index contributed by atoms with van der Waals surface area (Å²) in [4.78, 5) is 19.8. The van der Waals surface area contributed by atoms with E-state index in [0.29, 0.717) is 6.54 Å². The molecule has 0 radical (unpaired) electrons. The standard InChI is InChI=1S/C25H30ClN7O2/c26-21-23(28)32-22(27)20(31-21)24(35)33-25(29)30-14-2-1-4-16-6-10-18(11-7-16)19-12-8-17(9-13-19)5-3-15-34/h6-13,34H,1-5,14-15H2,(H4,27,28,32)(H3,29,30,33,35). The van der Waals surface area contributed by atoms with E-state index in [9.17, 15) is 4.79 Å². The lowest BCUT2D eigenvalue weighted by atomic mass is 10.00. The summed E-state index contributed by atoms with van der Waals surface area (Å²) < 4.78 is 0. The van der Waals surface area contributed by atoms with Gasteiger partial charge in [0.2, 0.25) is 0 Å². The molecule has 1 heterocycles. The first-order valence-corrected chi connectivity index (χ1v) is 11.8. The van der Waals surface area contributed by atoms with Crippen molar-refractivity contribution in [2.24, 2.45) is 0 Å². The van der Waals surface area contributed by atoms with Gasteiger partial charge in [0.15, 0.2) is 28.4 Å². The molecular weight excluding hydrogens is 466 g/mol. The quantitative estimate of drug-likeness (QED) is 0.143. The number of guanidine groups is 1. The molecule has 0 atom stereocenters. The van der Waals surface area contributed by atoms with Crippen molar-refractivity contribution in [2.75, 3.05) is 24.6 Å². The zero-order chi connectivity index (χ0) is 25.2. The molecule has 0 aliphatic carbocycles. The third-order valence-corrected chi connectivity index (χ3v) is 5.70. The number of carbonyl (C=O) groups is 1. The Bertz CT molecular complexity index is 1150. The summed E-state index contributed by atoms with van der Waals surface area (Å²) in [5.41, 5.74) is 15.8. The van der Waals surface area contributed by atoms with Gasteiger partial charge in [-0.2, -0.15) is 0 Å². The lowest BCUT2D eigenvalue weighted by Crippen LogP contribution is -2.41. The molecule has 0 bridgehead atoms. The maximum atomic E-state index is 12.2. The van der Waals surface area contributed by atoms with Gasteiger partial charge in [-0.15, -0.1) is 0 Å². The number of carbonyl (C=O) groups excluding carboxylic acids is 1. The first kappa shape index (κ1) is 25.9. The van der Waals surface area contributed by atoms with Crippen LogP contribution < -0.4 is 22.1 Å². The second-order valence-electron chi connectivity index (χ2n) is 8.07. The zero-order valence-electron chi connectivity index (χ0n) is 19.4. The number of nitrogens with one attached hydrogen (secondary N) is 3. The summed E-state index contributed by atoms with van der Waals surface area (Å²) in [5, 5.41) is 21.9. The van der Waals surface area contributed by atoms with Gasteiger partial charge in [-0.05, 0) is 54.4 Å². The highest BCUT2D eigenvalue weighted by Crippen LogP contribution is 2.21. The maximum Gasteiger partial charge on any atom is 0.280 e. The minimum absolute atomic E-state index is 0.0625. The number of benzene rings is 2. The molecule has 0 saturated heterocycles. The van der Waals surface area contributed by atoms with Gasteiger partial charge in [0, 0.05) is 13.2 Å². The van der Waals surface area contributed by atoms with Gasteiger partial charge >= 0.3 is 0 Å². The average molecular weight is 496 g/mol. The normalized spacial score (nSPS) is 10.7. The minimum Gasteiger partial charge on any atom is -0.396 e. The molecule has 8 N–H and O–H groups in total. The minimum atomic E-state index is -0.686. The van der Waals surface area contributed by atoms with Crippen molar-refractivity contribution >= 4 is 35.1 Å². The topological polar surface area (TPSA) is 163 Å². The van der Waals surface area contributed by atoms with Crippen LogP contribution >= 0.6 is 11.6 Å². The largest absolute Gasteiger partial charge is 0.396 e. The smallest absolute Gasteiger partial charge is 0.280 e. The number of aromatic nitrogens is 2. The first-order valence-electron chi connectivity index (χ1n) is 11.4. The van der Waals surface area contributed by atoms with Crippen molar-refractivity contribution in [3.63, 3.8) is 0 Å². The molecule has 9 nitrogen and oxygen atoms in total. The summed E-state index contributed by atoms with van der Waals surface area (Å²) in [6.45, 7) is 0.743. The highest BCUT2D eigenvalue weighted by atomic mass is 35.5. The molecule has 1 amide bonds. The van der Waals surface area contributed by atoms with Gasteiger partial charge in [0.05, 0.1) is 0 Å². The van der Waals surface area contributed by atoms with E-state index in [-0.39, 0.29) is 35.0 Å². The van der Waals surface area contributed by atoms with Crippen molar-refractivity contribution in [3.05, 3.63) is 70.5 Å². The Morgan fingerprint density at radius 1 is 0.886 bits per heavy atom. The monoisotopic (exact) mass is 495 g/mol. The summed E-state index contributed by atoms with van der Waals surface area (Å²) in [6.07, 6.45) is 4.33. The van der Waals surface area contributed by atoms with E-state index in [1.165, 1.54) is 22.3 Å². The molecule has 0 fully saturated rings. The van der Waals surface area contributed by atoms with E-state index in [4.69, 9.17) is 33.6 Å². The van der Waals surface area contributed by atoms with Crippen LogP contribution in [0, 0.1) is 5.41 Å². The van der Waals surface area contributed by atoms with E-state index < -0.39 is 5.91 Å².